The summed E-state index contributed by atoms with van der Waals surface area (Å²) in [6, 6.07) is 5.23. The van der Waals surface area contributed by atoms with Crippen molar-refractivity contribution in [1.82, 2.24) is 5.32 Å². The lowest BCUT2D eigenvalue weighted by Crippen LogP contribution is -2.49. The monoisotopic (exact) mass is 278 g/mol. The first-order valence-electron chi connectivity index (χ1n) is 6.96. The van der Waals surface area contributed by atoms with Gasteiger partial charge in [0, 0.05) is 19.3 Å². The van der Waals surface area contributed by atoms with Crippen molar-refractivity contribution in [3.63, 3.8) is 0 Å². The molecule has 0 saturated heterocycles. The van der Waals surface area contributed by atoms with Crippen molar-refractivity contribution in [1.29, 1.82) is 0 Å². The minimum Gasteiger partial charge on any atom is -0.493 e. The molecule has 0 aromatic heterocycles. The van der Waals surface area contributed by atoms with E-state index in [0.717, 1.165) is 19.3 Å². The summed E-state index contributed by atoms with van der Waals surface area (Å²) < 4.78 is 11.0. The minimum atomic E-state index is -0.213. The van der Waals surface area contributed by atoms with Gasteiger partial charge in [0.2, 0.25) is 0 Å². The Kier molecular flexibility index (Phi) is 4.49. The highest BCUT2D eigenvalue weighted by Crippen LogP contribution is 2.34. The predicted molar refractivity (Wildman–Crippen MR) is 77.9 cm³/mol. The lowest BCUT2D eigenvalue weighted by Gasteiger charge is -2.40. The molecule has 0 atom stereocenters. The van der Waals surface area contributed by atoms with Crippen LogP contribution in [-0.2, 0) is 4.74 Å². The molecule has 1 amide bonds. The molecule has 0 radical (unpaired) electrons. The van der Waals surface area contributed by atoms with Gasteiger partial charge in [-0.05, 0) is 38.3 Å². The van der Waals surface area contributed by atoms with Crippen molar-refractivity contribution in [2.45, 2.75) is 31.8 Å². The van der Waals surface area contributed by atoms with E-state index in [-0.39, 0.29) is 11.5 Å². The maximum Gasteiger partial charge on any atom is 0.257 e. The molecule has 20 heavy (non-hydrogen) atoms. The van der Waals surface area contributed by atoms with Crippen molar-refractivity contribution < 1.29 is 14.3 Å². The van der Waals surface area contributed by atoms with Crippen molar-refractivity contribution in [3.05, 3.63) is 23.8 Å². The first-order valence-corrected chi connectivity index (χ1v) is 6.96. The molecular formula is C15H22N2O3. The summed E-state index contributed by atoms with van der Waals surface area (Å²) in [6.07, 6.45) is 3.10. The Morgan fingerprint density at radius 3 is 2.75 bits per heavy atom. The van der Waals surface area contributed by atoms with Gasteiger partial charge in [-0.25, -0.2) is 0 Å². The fourth-order valence-corrected chi connectivity index (χ4v) is 2.42. The summed E-state index contributed by atoms with van der Waals surface area (Å²) in [4.78, 5) is 12.3. The van der Waals surface area contributed by atoms with Gasteiger partial charge in [-0.2, -0.15) is 0 Å². The maximum atomic E-state index is 12.3. The molecule has 5 nitrogen and oxygen atoms in total. The van der Waals surface area contributed by atoms with Crippen LogP contribution in [0, 0.1) is 0 Å². The number of nitrogens with two attached hydrogens (primary N) is 1. The number of carbonyl (C=O) groups excluding carboxylic acids is 1. The zero-order chi connectivity index (χ0) is 14.6. The van der Waals surface area contributed by atoms with Crippen LogP contribution in [0.15, 0.2) is 18.2 Å². The van der Waals surface area contributed by atoms with E-state index < -0.39 is 0 Å². The number of amides is 1. The van der Waals surface area contributed by atoms with Crippen LogP contribution >= 0.6 is 0 Å². The number of hydrogen-bond donors (Lipinski definition) is 2. The van der Waals surface area contributed by atoms with Gasteiger partial charge in [-0.15, -0.1) is 0 Å². The van der Waals surface area contributed by atoms with Crippen LogP contribution in [-0.4, -0.2) is 31.8 Å². The van der Waals surface area contributed by atoms with Crippen LogP contribution < -0.4 is 15.8 Å². The molecule has 0 spiro atoms. The third-order valence-corrected chi connectivity index (χ3v) is 3.85. The van der Waals surface area contributed by atoms with E-state index in [1.807, 2.05) is 6.92 Å². The van der Waals surface area contributed by atoms with Crippen LogP contribution in [0.2, 0.25) is 0 Å². The van der Waals surface area contributed by atoms with Crippen LogP contribution in [0.4, 0.5) is 5.69 Å². The topological polar surface area (TPSA) is 73.6 Å². The van der Waals surface area contributed by atoms with E-state index in [9.17, 15) is 4.79 Å². The zero-order valence-corrected chi connectivity index (χ0v) is 12.1. The van der Waals surface area contributed by atoms with Gasteiger partial charge in [0.1, 0.15) is 11.3 Å². The maximum absolute atomic E-state index is 12.3. The molecule has 5 heteroatoms. The fourth-order valence-electron chi connectivity index (χ4n) is 2.42. The zero-order valence-electron chi connectivity index (χ0n) is 12.1. The number of hydrogen-bond acceptors (Lipinski definition) is 4. The molecule has 3 N–H and O–H groups in total. The molecule has 0 aliphatic heterocycles. The molecule has 1 aromatic rings. The van der Waals surface area contributed by atoms with E-state index in [1.165, 1.54) is 0 Å². The highest BCUT2D eigenvalue weighted by Gasteiger charge is 2.37. The molecule has 0 bridgehead atoms. The third-order valence-electron chi connectivity index (χ3n) is 3.85. The SMILES string of the molecule is CCOc1cccc(N)c1C(=O)NCC1(OC)CCC1. The Bertz CT molecular complexity index is 478. The van der Waals surface area contributed by atoms with Crippen molar-refractivity contribution in [3.8, 4) is 5.75 Å². The lowest BCUT2D eigenvalue weighted by atomic mass is 9.80. The van der Waals surface area contributed by atoms with Gasteiger partial charge in [0.25, 0.3) is 5.91 Å². The van der Waals surface area contributed by atoms with Gasteiger partial charge >= 0.3 is 0 Å². The van der Waals surface area contributed by atoms with Crippen molar-refractivity contribution in [2.75, 3.05) is 26.0 Å². The number of rotatable bonds is 6. The number of methoxy groups -OCH3 is 1. The molecule has 1 aliphatic rings. The second-order valence-electron chi connectivity index (χ2n) is 5.08. The Hall–Kier alpha value is -1.75. The van der Waals surface area contributed by atoms with E-state index in [0.29, 0.717) is 30.2 Å². The van der Waals surface area contributed by atoms with E-state index in [1.54, 1.807) is 25.3 Å². The van der Waals surface area contributed by atoms with Crippen LogP contribution in [0.25, 0.3) is 0 Å². The van der Waals surface area contributed by atoms with Gasteiger partial charge in [-0.1, -0.05) is 6.07 Å². The molecule has 0 unspecified atom stereocenters. The normalized spacial score (nSPS) is 16.3. The third kappa shape index (κ3) is 2.88. The van der Waals surface area contributed by atoms with Crippen molar-refractivity contribution in [2.24, 2.45) is 0 Å². The molecule has 1 aromatic carbocycles. The summed E-state index contributed by atoms with van der Waals surface area (Å²) in [6.45, 7) is 2.87. The van der Waals surface area contributed by atoms with Gasteiger partial charge in [0.05, 0.1) is 12.2 Å². The summed E-state index contributed by atoms with van der Waals surface area (Å²) in [5.74, 6) is 0.306. The number of nitrogens with one attached hydrogen (secondary N) is 1. The van der Waals surface area contributed by atoms with Crippen LogP contribution in [0.5, 0.6) is 5.75 Å². The summed E-state index contributed by atoms with van der Waals surface area (Å²) >= 11 is 0. The second-order valence-corrected chi connectivity index (χ2v) is 5.08. The first-order chi connectivity index (χ1) is 9.62. The van der Waals surface area contributed by atoms with E-state index in [2.05, 4.69) is 5.32 Å². The number of nitrogen functional groups attached to an aromatic ring is 1. The molecule has 110 valence electrons. The highest BCUT2D eigenvalue weighted by atomic mass is 16.5. The smallest absolute Gasteiger partial charge is 0.257 e. The van der Waals surface area contributed by atoms with Gasteiger partial charge in [-0.3, -0.25) is 4.79 Å². The highest BCUT2D eigenvalue weighted by molar-refractivity contribution is 6.01. The fraction of sp³-hybridized carbons (Fsp3) is 0.533. The summed E-state index contributed by atoms with van der Waals surface area (Å²) in [7, 11) is 1.69. The molecule has 1 aliphatic carbocycles. The summed E-state index contributed by atoms with van der Waals surface area (Å²) in [5, 5.41) is 2.91. The standard InChI is InChI=1S/C15H22N2O3/c1-3-20-12-7-4-6-11(16)13(12)14(18)17-10-15(19-2)8-5-9-15/h4,6-7H,3,5,8-10,16H2,1-2H3,(H,17,18). The summed E-state index contributed by atoms with van der Waals surface area (Å²) in [5.41, 5.74) is 6.52. The van der Waals surface area contributed by atoms with E-state index >= 15 is 0 Å². The van der Waals surface area contributed by atoms with Crippen molar-refractivity contribution >= 4 is 11.6 Å². The largest absolute Gasteiger partial charge is 0.493 e. The quantitative estimate of drug-likeness (QED) is 0.780. The Labute approximate surface area is 119 Å². The first kappa shape index (κ1) is 14.7. The minimum absolute atomic E-state index is 0.203. The second kappa shape index (κ2) is 6.13. The Morgan fingerprint density at radius 2 is 2.20 bits per heavy atom. The number of anilines is 1. The number of benzene rings is 1. The number of carbonyl (C=O) groups is 1. The van der Waals surface area contributed by atoms with E-state index in [4.69, 9.17) is 15.2 Å². The Morgan fingerprint density at radius 1 is 1.45 bits per heavy atom. The average molecular weight is 278 g/mol. The lowest BCUT2D eigenvalue weighted by molar-refractivity contribution is -0.0679. The van der Waals surface area contributed by atoms with Gasteiger partial charge in [0.15, 0.2) is 0 Å². The van der Waals surface area contributed by atoms with Crippen LogP contribution in [0.3, 0.4) is 0 Å². The number of ether oxygens (including phenoxy) is 2. The van der Waals surface area contributed by atoms with Gasteiger partial charge < -0.3 is 20.5 Å². The molecule has 1 fully saturated rings. The molecular weight excluding hydrogens is 256 g/mol. The average Bonchev–Trinajstić information content (AvgIpc) is 2.38. The molecule has 2 rings (SSSR count). The predicted octanol–water partition coefficient (Wildman–Crippen LogP) is 1.97. The molecule has 0 heterocycles. The molecule has 1 saturated carbocycles. The Balaban J connectivity index is 2.08. The van der Waals surface area contributed by atoms with Crippen LogP contribution in [0.1, 0.15) is 36.5 Å².